The first-order chi connectivity index (χ1) is 13.7. The topological polar surface area (TPSA) is 86.1 Å². The van der Waals surface area contributed by atoms with E-state index in [1.165, 1.54) is 18.9 Å². The Morgan fingerprint density at radius 3 is 2.79 bits per heavy atom. The normalized spacial score (nSPS) is 13.3. The number of ether oxygens (including phenoxy) is 1. The molecule has 0 unspecified atom stereocenters. The standard InChI is InChI=1S/C19H18N4O3S2/c1-26-18(25)13-5-2-3-6-14(13)20-16(24)11-28-19-22-21-17(15-7-4-10-27-15)23(19)12-8-9-12/h2-7,10,12H,8-9,11H2,1H3,(H,20,24). The van der Waals surface area contributed by atoms with Crippen LogP contribution in [0, 0.1) is 0 Å². The smallest absolute Gasteiger partial charge is 0.339 e. The van der Waals surface area contributed by atoms with Crippen molar-refractivity contribution < 1.29 is 14.3 Å². The van der Waals surface area contributed by atoms with E-state index in [-0.39, 0.29) is 11.7 Å². The van der Waals surface area contributed by atoms with E-state index in [4.69, 9.17) is 4.74 Å². The lowest BCUT2D eigenvalue weighted by atomic mass is 10.2. The number of hydrogen-bond acceptors (Lipinski definition) is 7. The zero-order valence-electron chi connectivity index (χ0n) is 15.1. The number of benzene rings is 1. The van der Waals surface area contributed by atoms with Gasteiger partial charge in [0.15, 0.2) is 11.0 Å². The van der Waals surface area contributed by atoms with Crippen molar-refractivity contribution in [2.75, 3.05) is 18.2 Å². The fraction of sp³-hybridized carbons (Fsp3) is 0.263. The highest BCUT2D eigenvalue weighted by molar-refractivity contribution is 7.99. The molecule has 0 spiro atoms. The van der Waals surface area contributed by atoms with E-state index < -0.39 is 5.97 Å². The zero-order chi connectivity index (χ0) is 19.5. The van der Waals surface area contributed by atoms with E-state index >= 15 is 0 Å². The Balaban J connectivity index is 1.46. The number of nitrogens with one attached hydrogen (secondary N) is 1. The Bertz CT molecular complexity index is 997. The number of aromatic nitrogens is 3. The van der Waals surface area contributed by atoms with Crippen LogP contribution < -0.4 is 5.32 Å². The van der Waals surface area contributed by atoms with Crippen LogP contribution in [0.25, 0.3) is 10.7 Å². The molecule has 1 aromatic carbocycles. The Hall–Kier alpha value is -2.65. The molecule has 0 saturated heterocycles. The molecule has 144 valence electrons. The molecule has 1 amide bonds. The maximum Gasteiger partial charge on any atom is 0.339 e. The molecule has 9 heteroatoms. The van der Waals surface area contributed by atoms with Crippen molar-refractivity contribution in [3.63, 3.8) is 0 Å². The van der Waals surface area contributed by atoms with Crippen molar-refractivity contribution in [3.8, 4) is 10.7 Å². The Morgan fingerprint density at radius 1 is 1.25 bits per heavy atom. The number of anilines is 1. The van der Waals surface area contributed by atoms with Gasteiger partial charge in [0.25, 0.3) is 0 Å². The lowest BCUT2D eigenvalue weighted by molar-refractivity contribution is -0.113. The molecule has 1 saturated carbocycles. The van der Waals surface area contributed by atoms with Gasteiger partial charge >= 0.3 is 5.97 Å². The number of carbonyl (C=O) groups excluding carboxylic acids is 2. The number of amides is 1. The molecule has 1 N–H and O–H groups in total. The molecule has 0 aliphatic heterocycles. The van der Waals surface area contributed by atoms with Gasteiger partial charge in [-0.25, -0.2) is 4.79 Å². The highest BCUT2D eigenvalue weighted by Gasteiger charge is 2.30. The number of para-hydroxylation sites is 1. The molecule has 1 aliphatic rings. The van der Waals surface area contributed by atoms with Crippen LogP contribution in [0.4, 0.5) is 5.69 Å². The molecule has 1 fully saturated rings. The Morgan fingerprint density at radius 2 is 2.07 bits per heavy atom. The van der Waals surface area contributed by atoms with Crippen LogP contribution in [-0.2, 0) is 9.53 Å². The minimum Gasteiger partial charge on any atom is -0.465 e. The molecular formula is C19H18N4O3S2. The fourth-order valence-corrected chi connectivity index (χ4v) is 4.32. The van der Waals surface area contributed by atoms with E-state index in [9.17, 15) is 9.59 Å². The van der Waals surface area contributed by atoms with Crippen LogP contribution in [0.5, 0.6) is 0 Å². The minimum atomic E-state index is -0.488. The van der Waals surface area contributed by atoms with Gasteiger partial charge in [0.05, 0.1) is 29.0 Å². The van der Waals surface area contributed by atoms with Gasteiger partial charge in [-0.05, 0) is 36.4 Å². The second kappa shape index (κ2) is 8.15. The number of rotatable bonds is 7. The summed E-state index contributed by atoms with van der Waals surface area (Å²) in [7, 11) is 1.31. The van der Waals surface area contributed by atoms with Gasteiger partial charge in [-0.1, -0.05) is 30.0 Å². The predicted molar refractivity (Wildman–Crippen MR) is 109 cm³/mol. The van der Waals surface area contributed by atoms with E-state index in [1.54, 1.807) is 35.6 Å². The molecule has 0 bridgehead atoms. The summed E-state index contributed by atoms with van der Waals surface area (Å²) in [5.74, 6) is 0.323. The number of methoxy groups -OCH3 is 1. The molecular weight excluding hydrogens is 396 g/mol. The lowest BCUT2D eigenvalue weighted by Crippen LogP contribution is -2.17. The number of hydrogen-bond donors (Lipinski definition) is 1. The van der Waals surface area contributed by atoms with Crippen molar-refractivity contribution in [2.24, 2.45) is 0 Å². The third-order valence-electron chi connectivity index (χ3n) is 4.26. The van der Waals surface area contributed by atoms with Crippen LogP contribution in [0.1, 0.15) is 29.2 Å². The van der Waals surface area contributed by atoms with Crippen LogP contribution in [-0.4, -0.2) is 39.5 Å². The zero-order valence-corrected chi connectivity index (χ0v) is 16.8. The average molecular weight is 415 g/mol. The van der Waals surface area contributed by atoms with E-state index in [0.717, 1.165) is 28.7 Å². The van der Waals surface area contributed by atoms with Crippen LogP contribution >= 0.6 is 23.1 Å². The van der Waals surface area contributed by atoms with E-state index in [2.05, 4.69) is 20.1 Å². The van der Waals surface area contributed by atoms with Gasteiger partial charge in [-0.15, -0.1) is 21.5 Å². The first-order valence-electron chi connectivity index (χ1n) is 8.76. The van der Waals surface area contributed by atoms with Gasteiger partial charge in [-0.3, -0.25) is 9.36 Å². The summed E-state index contributed by atoms with van der Waals surface area (Å²) >= 11 is 2.97. The number of carbonyl (C=O) groups is 2. The van der Waals surface area contributed by atoms with Gasteiger partial charge in [0, 0.05) is 6.04 Å². The van der Waals surface area contributed by atoms with E-state index in [1.807, 2.05) is 17.5 Å². The first kappa shape index (κ1) is 18.7. The van der Waals surface area contributed by atoms with Crippen molar-refractivity contribution >= 4 is 40.7 Å². The lowest BCUT2D eigenvalue weighted by Gasteiger charge is -2.10. The maximum absolute atomic E-state index is 12.4. The number of nitrogens with zero attached hydrogens (tertiary/aromatic N) is 3. The second-order valence-corrected chi connectivity index (χ2v) is 8.15. The van der Waals surface area contributed by atoms with E-state index in [0.29, 0.717) is 17.3 Å². The van der Waals surface area contributed by atoms with Gasteiger partial charge in [0.2, 0.25) is 5.91 Å². The summed E-state index contributed by atoms with van der Waals surface area (Å²) < 4.78 is 6.89. The predicted octanol–water partition coefficient (Wildman–Crippen LogP) is 3.86. The van der Waals surface area contributed by atoms with Crippen LogP contribution in [0.2, 0.25) is 0 Å². The monoisotopic (exact) mass is 414 g/mol. The van der Waals surface area contributed by atoms with Crippen molar-refractivity contribution in [1.82, 2.24) is 14.8 Å². The quantitative estimate of drug-likeness (QED) is 0.467. The highest BCUT2D eigenvalue weighted by atomic mass is 32.2. The summed E-state index contributed by atoms with van der Waals surface area (Å²) in [6.45, 7) is 0. The van der Waals surface area contributed by atoms with Crippen LogP contribution in [0.3, 0.4) is 0 Å². The molecule has 4 rings (SSSR count). The molecule has 0 radical (unpaired) electrons. The average Bonchev–Trinajstić information content (AvgIpc) is 3.23. The number of thiophene rings is 1. The van der Waals surface area contributed by atoms with Crippen molar-refractivity contribution in [3.05, 3.63) is 47.3 Å². The maximum atomic E-state index is 12.4. The first-order valence-corrected chi connectivity index (χ1v) is 10.6. The third kappa shape index (κ3) is 3.95. The summed E-state index contributed by atoms with van der Waals surface area (Å²) in [6, 6.07) is 11.2. The fourth-order valence-electron chi connectivity index (χ4n) is 2.81. The van der Waals surface area contributed by atoms with Crippen molar-refractivity contribution in [2.45, 2.75) is 24.0 Å². The Kier molecular flexibility index (Phi) is 5.45. The number of thioether (sulfide) groups is 1. The van der Waals surface area contributed by atoms with Crippen LogP contribution in [0.15, 0.2) is 46.9 Å². The second-order valence-electron chi connectivity index (χ2n) is 6.26. The molecule has 28 heavy (non-hydrogen) atoms. The summed E-state index contributed by atoms with van der Waals surface area (Å²) in [4.78, 5) is 25.4. The Labute approximate surface area is 170 Å². The third-order valence-corrected chi connectivity index (χ3v) is 6.07. The summed E-state index contributed by atoms with van der Waals surface area (Å²) in [5, 5.41) is 14.2. The van der Waals surface area contributed by atoms with Crippen molar-refractivity contribution in [1.29, 1.82) is 0 Å². The molecule has 3 aromatic rings. The molecule has 0 atom stereocenters. The SMILES string of the molecule is COC(=O)c1ccccc1NC(=O)CSc1nnc(-c2cccs2)n1C1CC1. The van der Waals surface area contributed by atoms with Gasteiger partial charge in [-0.2, -0.15) is 0 Å². The molecule has 7 nitrogen and oxygen atoms in total. The largest absolute Gasteiger partial charge is 0.465 e. The highest BCUT2D eigenvalue weighted by Crippen LogP contribution is 2.41. The summed E-state index contributed by atoms with van der Waals surface area (Å²) in [6.07, 6.45) is 2.20. The molecule has 1 aliphatic carbocycles. The minimum absolute atomic E-state index is 0.171. The van der Waals surface area contributed by atoms with Gasteiger partial charge in [0.1, 0.15) is 0 Å². The van der Waals surface area contributed by atoms with Gasteiger partial charge < -0.3 is 10.1 Å². The number of esters is 1. The summed E-state index contributed by atoms with van der Waals surface area (Å²) in [5.41, 5.74) is 0.757. The molecule has 2 heterocycles. The molecule has 2 aromatic heterocycles.